The molecule has 0 saturated heterocycles. The Morgan fingerprint density at radius 2 is 1.60 bits per heavy atom. The summed E-state index contributed by atoms with van der Waals surface area (Å²) in [5.41, 5.74) is 10.3. The van der Waals surface area contributed by atoms with Gasteiger partial charge in [0.25, 0.3) is 0 Å². The molecule has 1 atom stereocenters. The molecule has 3 heteroatoms. The summed E-state index contributed by atoms with van der Waals surface area (Å²) >= 11 is 0. The van der Waals surface area contributed by atoms with Gasteiger partial charge in [-0.05, 0) is 41.7 Å². The lowest BCUT2D eigenvalue weighted by Gasteiger charge is -2.29. The van der Waals surface area contributed by atoms with Crippen molar-refractivity contribution in [3.05, 3.63) is 65.5 Å². The first-order valence-corrected chi connectivity index (χ1v) is 7.29. The largest absolute Gasteiger partial charge is 0.329 e. The van der Waals surface area contributed by atoms with Crippen molar-refractivity contribution in [2.24, 2.45) is 5.73 Å². The molecule has 0 saturated carbocycles. The molecule has 0 radical (unpaired) electrons. The molecule has 2 aromatic rings. The van der Waals surface area contributed by atoms with Crippen molar-refractivity contribution in [3.63, 3.8) is 0 Å². The van der Waals surface area contributed by atoms with Crippen LogP contribution in [0.15, 0.2) is 48.8 Å². The van der Waals surface area contributed by atoms with Crippen molar-refractivity contribution >= 4 is 0 Å². The van der Waals surface area contributed by atoms with Crippen LogP contribution in [0.1, 0.15) is 22.7 Å². The Hall–Kier alpha value is -1.71. The highest BCUT2D eigenvalue weighted by Crippen LogP contribution is 2.23. The fourth-order valence-corrected chi connectivity index (χ4v) is 3.08. The van der Waals surface area contributed by atoms with Crippen LogP contribution in [-0.2, 0) is 12.8 Å². The van der Waals surface area contributed by atoms with Gasteiger partial charge in [0, 0.05) is 38.1 Å². The van der Waals surface area contributed by atoms with E-state index in [1.807, 2.05) is 12.4 Å². The number of pyridine rings is 1. The predicted octanol–water partition coefficient (Wildman–Crippen LogP) is 2.18. The van der Waals surface area contributed by atoms with Crippen molar-refractivity contribution in [2.75, 3.05) is 19.6 Å². The topological polar surface area (TPSA) is 42.1 Å². The van der Waals surface area contributed by atoms with E-state index in [-0.39, 0.29) is 0 Å². The van der Waals surface area contributed by atoms with Gasteiger partial charge in [-0.15, -0.1) is 0 Å². The fourth-order valence-electron chi connectivity index (χ4n) is 3.08. The molecule has 0 spiro atoms. The van der Waals surface area contributed by atoms with Gasteiger partial charge in [0.05, 0.1) is 0 Å². The zero-order valence-electron chi connectivity index (χ0n) is 11.7. The Labute approximate surface area is 120 Å². The molecule has 0 fully saturated rings. The summed E-state index contributed by atoms with van der Waals surface area (Å²) in [4.78, 5) is 6.61. The maximum atomic E-state index is 6.03. The lowest BCUT2D eigenvalue weighted by atomic mass is 10.0. The number of rotatable bonds is 3. The summed E-state index contributed by atoms with van der Waals surface area (Å²) in [6.45, 7) is 2.79. The highest BCUT2D eigenvalue weighted by atomic mass is 15.2. The second-order valence-electron chi connectivity index (χ2n) is 5.34. The average molecular weight is 267 g/mol. The second kappa shape index (κ2) is 6.16. The van der Waals surface area contributed by atoms with Crippen molar-refractivity contribution < 1.29 is 0 Å². The second-order valence-corrected chi connectivity index (χ2v) is 5.34. The van der Waals surface area contributed by atoms with E-state index in [1.165, 1.54) is 16.7 Å². The van der Waals surface area contributed by atoms with Crippen molar-refractivity contribution in [3.8, 4) is 0 Å². The number of aromatic nitrogens is 1. The van der Waals surface area contributed by atoms with E-state index < -0.39 is 0 Å². The van der Waals surface area contributed by atoms with Gasteiger partial charge in [-0.3, -0.25) is 9.88 Å². The molecular formula is C17H21N3. The van der Waals surface area contributed by atoms with Crippen molar-refractivity contribution in [2.45, 2.75) is 18.9 Å². The SMILES string of the molecule is NCC(c1ccncc1)N1CCc2ccccc2CC1. The zero-order chi connectivity index (χ0) is 13.8. The van der Waals surface area contributed by atoms with Crippen LogP contribution < -0.4 is 5.73 Å². The summed E-state index contributed by atoms with van der Waals surface area (Å²) < 4.78 is 0. The maximum Gasteiger partial charge on any atom is 0.0471 e. The molecule has 0 aliphatic carbocycles. The maximum absolute atomic E-state index is 6.03. The summed E-state index contributed by atoms with van der Waals surface area (Å²) in [5.74, 6) is 0. The molecule has 20 heavy (non-hydrogen) atoms. The lowest BCUT2D eigenvalue weighted by molar-refractivity contribution is 0.211. The van der Waals surface area contributed by atoms with E-state index in [4.69, 9.17) is 5.73 Å². The number of fused-ring (bicyclic) bond motifs is 1. The van der Waals surface area contributed by atoms with E-state index in [1.54, 1.807) is 0 Å². The van der Waals surface area contributed by atoms with Crippen LogP contribution in [-0.4, -0.2) is 29.5 Å². The van der Waals surface area contributed by atoms with Gasteiger partial charge < -0.3 is 5.73 Å². The molecule has 1 aliphatic rings. The Bertz CT molecular complexity index is 526. The first-order valence-electron chi connectivity index (χ1n) is 7.29. The fraction of sp³-hybridized carbons (Fsp3) is 0.353. The van der Waals surface area contributed by atoms with Crippen molar-refractivity contribution in [1.82, 2.24) is 9.88 Å². The van der Waals surface area contributed by atoms with E-state index >= 15 is 0 Å². The third kappa shape index (κ3) is 2.74. The molecule has 1 aromatic carbocycles. The minimum absolute atomic E-state index is 0.298. The molecule has 1 aromatic heterocycles. The molecule has 2 heterocycles. The van der Waals surface area contributed by atoms with Crippen LogP contribution in [0.5, 0.6) is 0 Å². The standard InChI is InChI=1S/C17H21N3/c18-13-17(16-5-9-19-10-6-16)20-11-7-14-3-1-2-4-15(14)8-12-20/h1-6,9-10,17H,7-8,11-13,18H2. The van der Waals surface area contributed by atoms with Crippen molar-refractivity contribution in [1.29, 1.82) is 0 Å². The minimum atomic E-state index is 0.298. The normalized spacial score (nSPS) is 17.2. The predicted molar refractivity (Wildman–Crippen MR) is 81.5 cm³/mol. The van der Waals surface area contributed by atoms with Gasteiger partial charge in [0.15, 0.2) is 0 Å². The molecule has 3 rings (SSSR count). The lowest BCUT2D eigenvalue weighted by Crippen LogP contribution is -2.35. The van der Waals surface area contributed by atoms with Crippen LogP contribution in [0.4, 0.5) is 0 Å². The first kappa shape index (κ1) is 13.3. The van der Waals surface area contributed by atoms with Gasteiger partial charge in [0.2, 0.25) is 0 Å². The highest BCUT2D eigenvalue weighted by Gasteiger charge is 2.21. The Morgan fingerprint density at radius 3 is 2.15 bits per heavy atom. The van der Waals surface area contributed by atoms with Gasteiger partial charge in [-0.2, -0.15) is 0 Å². The van der Waals surface area contributed by atoms with Crippen LogP contribution >= 0.6 is 0 Å². The van der Waals surface area contributed by atoms with E-state index in [0.29, 0.717) is 12.6 Å². The average Bonchev–Trinajstić information content (AvgIpc) is 2.72. The van der Waals surface area contributed by atoms with E-state index in [0.717, 1.165) is 25.9 Å². The minimum Gasteiger partial charge on any atom is -0.329 e. The van der Waals surface area contributed by atoms with Crippen LogP contribution in [0.2, 0.25) is 0 Å². The van der Waals surface area contributed by atoms with E-state index in [2.05, 4.69) is 46.3 Å². The third-order valence-corrected chi connectivity index (χ3v) is 4.21. The number of nitrogens with zero attached hydrogens (tertiary/aromatic N) is 2. The van der Waals surface area contributed by atoms with Gasteiger partial charge in [-0.25, -0.2) is 0 Å². The third-order valence-electron chi connectivity index (χ3n) is 4.21. The summed E-state index contributed by atoms with van der Waals surface area (Å²) in [5, 5.41) is 0. The zero-order valence-corrected chi connectivity index (χ0v) is 11.7. The van der Waals surface area contributed by atoms with Crippen LogP contribution in [0, 0.1) is 0 Å². The molecule has 1 aliphatic heterocycles. The summed E-state index contributed by atoms with van der Waals surface area (Å²) in [6, 6.07) is 13.2. The van der Waals surface area contributed by atoms with Crippen LogP contribution in [0.25, 0.3) is 0 Å². The van der Waals surface area contributed by atoms with Gasteiger partial charge in [0.1, 0.15) is 0 Å². The van der Waals surface area contributed by atoms with Gasteiger partial charge in [-0.1, -0.05) is 24.3 Å². The summed E-state index contributed by atoms with van der Waals surface area (Å²) in [6.07, 6.45) is 5.92. The number of nitrogens with two attached hydrogens (primary N) is 1. The Morgan fingerprint density at radius 1 is 1.00 bits per heavy atom. The Balaban J connectivity index is 1.78. The number of benzene rings is 1. The molecule has 0 bridgehead atoms. The monoisotopic (exact) mass is 267 g/mol. The molecule has 1 unspecified atom stereocenters. The highest BCUT2D eigenvalue weighted by molar-refractivity contribution is 5.29. The molecule has 2 N–H and O–H groups in total. The number of hydrogen-bond acceptors (Lipinski definition) is 3. The molecule has 104 valence electrons. The molecule has 3 nitrogen and oxygen atoms in total. The summed E-state index contributed by atoms with van der Waals surface area (Å²) in [7, 11) is 0. The van der Waals surface area contributed by atoms with E-state index in [9.17, 15) is 0 Å². The Kier molecular flexibility index (Phi) is 4.09. The van der Waals surface area contributed by atoms with Gasteiger partial charge >= 0.3 is 0 Å². The van der Waals surface area contributed by atoms with Crippen LogP contribution in [0.3, 0.4) is 0 Å². The molecule has 0 amide bonds. The smallest absolute Gasteiger partial charge is 0.0471 e. The molecular weight excluding hydrogens is 246 g/mol. The quantitative estimate of drug-likeness (QED) is 0.927. The number of hydrogen-bond donors (Lipinski definition) is 1. The first-order chi connectivity index (χ1) is 9.88.